The SMILES string of the molecule is CN1CCCC1C(F)(F)c1ccc(O)cc1. The van der Waals surface area contributed by atoms with Crippen molar-refractivity contribution < 1.29 is 13.9 Å². The molecule has 0 saturated carbocycles. The molecule has 1 atom stereocenters. The second-order valence-electron chi connectivity index (χ2n) is 4.31. The molecule has 1 aliphatic heterocycles. The van der Waals surface area contributed by atoms with Crippen molar-refractivity contribution in [2.24, 2.45) is 0 Å². The van der Waals surface area contributed by atoms with Gasteiger partial charge in [0.2, 0.25) is 0 Å². The molecule has 0 amide bonds. The molecule has 0 bridgehead atoms. The molecule has 1 unspecified atom stereocenters. The number of halogens is 2. The summed E-state index contributed by atoms with van der Waals surface area (Å²) in [5.41, 5.74) is -0.0240. The van der Waals surface area contributed by atoms with Crippen LogP contribution in [-0.2, 0) is 5.92 Å². The van der Waals surface area contributed by atoms with Gasteiger partial charge in [-0.25, -0.2) is 0 Å². The van der Waals surface area contributed by atoms with E-state index in [-0.39, 0.29) is 11.3 Å². The number of nitrogens with zero attached hydrogens (tertiary/aromatic N) is 1. The van der Waals surface area contributed by atoms with Gasteiger partial charge in [0.05, 0.1) is 6.04 Å². The standard InChI is InChI=1S/C12H15F2NO/c1-15-8-2-3-11(15)12(13,14)9-4-6-10(16)7-5-9/h4-7,11,16H,2-3,8H2,1H3. The highest BCUT2D eigenvalue weighted by Crippen LogP contribution is 2.39. The first-order chi connectivity index (χ1) is 7.51. The van der Waals surface area contributed by atoms with Crippen LogP contribution in [0.2, 0.25) is 0 Å². The fraction of sp³-hybridized carbons (Fsp3) is 0.500. The molecule has 0 radical (unpaired) electrons. The summed E-state index contributed by atoms with van der Waals surface area (Å²) in [6, 6.07) is 4.47. The molecule has 4 heteroatoms. The van der Waals surface area contributed by atoms with Gasteiger partial charge >= 0.3 is 0 Å². The number of rotatable bonds is 2. The molecule has 1 aromatic carbocycles. The van der Waals surface area contributed by atoms with Crippen LogP contribution >= 0.6 is 0 Å². The van der Waals surface area contributed by atoms with Gasteiger partial charge in [0.15, 0.2) is 0 Å². The fourth-order valence-electron chi connectivity index (χ4n) is 2.24. The van der Waals surface area contributed by atoms with Crippen LogP contribution in [0.3, 0.4) is 0 Å². The molecule has 2 nitrogen and oxygen atoms in total. The Hall–Kier alpha value is -1.16. The lowest BCUT2D eigenvalue weighted by Crippen LogP contribution is -2.39. The van der Waals surface area contributed by atoms with Gasteiger partial charge in [0.25, 0.3) is 5.92 Å². The minimum Gasteiger partial charge on any atom is -0.508 e. The summed E-state index contributed by atoms with van der Waals surface area (Å²) in [7, 11) is 1.73. The molecule has 1 aliphatic rings. The molecule has 0 aliphatic carbocycles. The van der Waals surface area contributed by atoms with Crippen molar-refractivity contribution in [2.45, 2.75) is 24.8 Å². The van der Waals surface area contributed by atoms with Crippen LogP contribution in [0.25, 0.3) is 0 Å². The highest BCUT2D eigenvalue weighted by molar-refractivity contribution is 5.29. The van der Waals surface area contributed by atoms with Crippen molar-refractivity contribution in [3.05, 3.63) is 29.8 Å². The molecule has 1 N–H and O–H groups in total. The fourth-order valence-corrected chi connectivity index (χ4v) is 2.24. The highest BCUT2D eigenvalue weighted by atomic mass is 19.3. The molecular formula is C12H15F2NO. The van der Waals surface area contributed by atoms with Crippen molar-refractivity contribution >= 4 is 0 Å². The molecule has 0 aromatic heterocycles. The summed E-state index contributed by atoms with van der Waals surface area (Å²) >= 11 is 0. The van der Waals surface area contributed by atoms with Gasteiger partial charge in [-0.1, -0.05) is 0 Å². The van der Waals surface area contributed by atoms with Crippen molar-refractivity contribution in [1.82, 2.24) is 4.90 Å². The van der Waals surface area contributed by atoms with Crippen LogP contribution in [0.15, 0.2) is 24.3 Å². The minimum absolute atomic E-state index is 0.0133. The third-order valence-corrected chi connectivity index (χ3v) is 3.19. The van der Waals surface area contributed by atoms with E-state index in [9.17, 15) is 8.78 Å². The number of phenols is 1. The molecular weight excluding hydrogens is 212 g/mol. The monoisotopic (exact) mass is 227 g/mol. The number of likely N-dealkylation sites (N-methyl/N-ethyl adjacent to an activating group) is 1. The van der Waals surface area contributed by atoms with Crippen LogP contribution in [-0.4, -0.2) is 29.6 Å². The van der Waals surface area contributed by atoms with E-state index in [2.05, 4.69) is 0 Å². The van der Waals surface area contributed by atoms with Gasteiger partial charge in [0.1, 0.15) is 5.75 Å². The van der Waals surface area contributed by atoms with E-state index in [0.29, 0.717) is 6.42 Å². The van der Waals surface area contributed by atoms with Crippen LogP contribution in [0, 0.1) is 0 Å². The maximum atomic E-state index is 14.1. The van der Waals surface area contributed by atoms with E-state index in [4.69, 9.17) is 5.11 Å². The van der Waals surface area contributed by atoms with Crippen LogP contribution < -0.4 is 0 Å². The minimum atomic E-state index is -2.85. The summed E-state index contributed by atoms with van der Waals surface area (Å²) in [5, 5.41) is 9.08. The normalized spacial score (nSPS) is 22.6. The summed E-state index contributed by atoms with van der Waals surface area (Å²) in [5.74, 6) is -2.83. The average Bonchev–Trinajstić information content (AvgIpc) is 2.66. The highest BCUT2D eigenvalue weighted by Gasteiger charge is 2.45. The maximum absolute atomic E-state index is 14.1. The Morgan fingerprint density at radius 3 is 2.44 bits per heavy atom. The number of alkyl halides is 2. The van der Waals surface area contributed by atoms with Crippen molar-refractivity contribution in [3.63, 3.8) is 0 Å². The van der Waals surface area contributed by atoms with Crippen molar-refractivity contribution in [3.8, 4) is 5.75 Å². The summed E-state index contributed by atoms with van der Waals surface area (Å²) in [6.07, 6.45) is 1.33. The molecule has 1 heterocycles. The van der Waals surface area contributed by atoms with Gasteiger partial charge in [0, 0.05) is 5.56 Å². The molecule has 88 valence electrons. The Kier molecular flexibility index (Phi) is 2.84. The van der Waals surface area contributed by atoms with Crippen LogP contribution in [0.5, 0.6) is 5.75 Å². The molecule has 16 heavy (non-hydrogen) atoms. The largest absolute Gasteiger partial charge is 0.508 e. The van der Waals surface area contributed by atoms with Gasteiger partial charge < -0.3 is 5.11 Å². The van der Waals surface area contributed by atoms with E-state index in [1.165, 1.54) is 24.3 Å². The number of phenolic OH excluding ortho intramolecular Hbond substituents is 1. The third kappa shape index (κ3) is 1.89. The van der Waals surface area contributed by atoms with Crippen molar-refractivity contribution in [1.29, 1.82) is 0 Å². The molecule has 1 aromatic rings. The number of likely N-dealkylation sites (tertiary alicyclic amines) is 1. The second-order valence-corrected chi connectivity index (χ2v) is 4.31. The predicted octanol–water partition coefficient (Wildman–Crippen LogP) is 2.58. The Morgan fingerprint density at radius 1 is 1.31 bits per heavy atom. The zero-order valence-electron chi connectivity index (χ0n) is 9.16. The number of aromatic hydroxyl groups is 1. The van der Waals surface area contributed by atoms with Crippen LogP contribution in [0.1, 0.15) is 18.4 Å². The summed E-state index contributed by atoms with van der Waals surface area (Å²) < 4.78 is 28.2. The predicted molar refractivity (Wildman–Crippen MR) is 57.7 cm³/mol. The Balaban J connectivity index is 2.27. The van der Waals surface area contributed by atoms with Crippen LogP contribution in [0.4, 0.5) is 8.78 Å². The first-order valence-electron chi connectivity index (χ1n) is 5.39. The lowest BCUT2D eigenvalue weighted by atomic mass is 9.99. The third-order valence-electron chi connectivity index (χ3n) is 3.19. The van der Waals surface area contributed by atoms with Gasteiger partial charge in [-0.15, -0.1) is 0 Å². The average molecular weight is 227 g/mol. The quantitative estimate of drug-likeness (QED) is 0.839. The lowest BCUT2D eigenvalue weighted by molar-refractivity contribution is -0.0696. The first kappa shape index (κ1) is 11.3. The van der Waals surface area contributed by atoms with E-state index in [0.717, 1.165) is 13.0 Å². The Bertz CT molecular complexity index is 364. The maximum Gasteiger partial charge on any atom is 0.288 e. The zero-order chi connectivity index (χ0) is 11.8. The van der Waals surface area contributed by atoms with Gasteiger partial charge in [-0.3, -0.25) is 4.90 Å². The molecule has 2 rings (SSSR count). The van der Waals surface area contributed by atoms with Gasteiger partial charge in [-0.2, -0.15) is 8.78 Å². The smallest absolute Gasteiger partial charge is 0.288 e. The van der Waals surface area contributed by atoms with E-state index in [1.54, 1.807) is 11.9 Å². The zero-order valence-corrected chi connectivity index (χ0v) is 9.16. The number of benzene rings is 1. The Morgan fingerprint density at radius 2 is 1.94 bits per heavy atom. The van der Waals surface area contributed by atoms with E-state index < -0.39 is 12.0 Å². The summed E-state index contributed by atoms with van der Waals surface area (Å²) in [4.78, 5) is 1.70. The molecule has 0 spiro atoms. The topological polar surface area (TPSA) is 23.5 Å². The van der Waals surface area contributed by atoms with E-state index >= 15 is 0 Å². The molecule has 1 fully saturated rings. The number of hydrogen-bond acceptors (Lipinski definition) is 2. The summed E-state index contributed by atoms with van der Waals surface area (Å²) in [6.45, 7) is 0.721. The second kappa shape index (κ2) is 4.01. The molecule has 1 saturated heterocycles. The van der Waals surface area contributed by atoms with E-state index in [1.807, 2.05) is 0 Å². The first-order valence-corrected chi connectivity index (χ1v) is 5.39. The van der Waals surface area contributed by atoms with Gasteiger partial charge in [-0.05, 0) is 50.7 Å². The Labute approximate surface area is 93.5 Å². The van der Waals surface area contributed by atoms with Crippen molar-refractivity contribution in [2.75, 3.05) is 13.6 Å². The lowest BCUT2D eigenvalue weighted by Gasteiger charge is -2.29. The number of hydrogen-bond donors (Lipinski definition) is 1.